The first-order valence-corrected chi connectivity index (χ1v) is 8.21. The fourth-order valence-corrected chi connectivity index (χ4v) is 3.12. The number of nitrogens with one attached hydrogen (secondary N) is 2. The minimum atomic E-state index is -4.87. The van der Waals surface area contributed by atoms with Crippen molar-refractivity contribution < 1.29 is 22.4 Å². The largest absolute Gasteiger partial charge is 0.434 e. The van der Waals surface area contributed by atoms with Crippen molar-refractivity contribution in [3.63, 3.8) is 0 Å². The van der Waals surface area contributed by atoms with Crippen molar-refractivity contribution in [2.45, 2.75) is 38.0 Å². The molecule has 0 aliphatic carbocycles. The number of halogens is 4. The molecule has 9 heteroatoms. The molecule has 0 bridgehead atoms. The normalized spacial score (nSPS) is 20.8. The summed E-state index contributed by atoms with van der Waals surface area (Å²) < 4.78 is 55.1. The molecule has 2 aromatic rings. The van der Waals surface area contributed by atoms with Crippen LogP contribution in [-0.4, -0.2) is 34.3 Å². The summed E-state index contributed by atoms with van der Waals surface area (Å²) in [6.07, 6.45) is -2.80. The molecule has 2 heterocycles. The van der Waals surface area contributed by atoms with Gasteiger partial charge in [0.05, 0.1) is 11.8 Å². The molecule has 2 N–H and O–H groups in total. The summed E-state index contributed by atoms with van der Waals surface area (Å²) in [5.41, 5.74) is -2.27. The zero-order valence-electron chi connectivity index (χ0n) is 14.0. The number of rotatable bonds is 3. The first-order chi connectivity index (χ1) is 12.3. The highest BCUT2D eigenvalue weighted by molar-refractivity contribution is 5.95. The van der Waals surface area contributed by atoms with Gasteiger partial charge in [0.2, 0.25) is 0 Å². The average molecular weight is 370 g/mol. The SMILES string of the molecule is CC1CC(NC(=O)c2cnn(-c3ccccc3F)c2C(F)(F)F)CCN1. The van der Waals surface area contributed by atoms with Crippen LogP contribution < -0.4 is 10.6 Å². The number of para-hydroxylation sites is 1. The number of piperidine rings is 1. The number of benzene rings is 1. The molecule has 1 saturated heterocycles. The number of nitrogens with zero attached hydrogens (tertiary/aromatic N) is 2. The topological polar surface area (TPSA) is 59.0 Å². The van der Waals surface area contributed by atoms with Crippen LogP contribution >= 0.6 is 0 Å². The molecule has 1 fully saturated rings. The van der Waals surface area contributed by atoms with Gasteiger partial charge in [-0.15, -0.1) is 0 Å². The van der Waals surface area contributed by atoms with Crippen LogP contribution in [0.4, 0.5) is 17.6 Å². The zero-order valence-corrected chi connectivity index (χ0v) is 14.0. The average Bonchev–Trinajstić information content (AvgIpc) is 3.00. The second-order valence-corrected chi connectivity index (χ2v) is 6.32. The van der Waals surface area contributed by atoms with Crippen LogP contribution in [0.2, 0.25) is 0 Å². The Morgan fingerprint density at radius 2 is 2.08 bits per heavy atom. The van der Waals surface area contributed by atoms with Gasteiger partial charge >= 0.3 is 6.18 Å². The Bertz CT molecular complexity index is 802. The van der Waals surface area contributed by atoms with Gasteiger partial charge in [0.25, 0.3) is 5.91 Å². The van der Waals surface area contributed by atoms with E-state index in [4.69, 9.17) is 0 Å². The molecule has 0 spiro atoms. The summed E-state index contributed by atoms with van der Waals surface area (Å²) in [5, 5.41) is 9.46. The van der Waals surface area contributed by atoms with Crippen LogP contribution in [0.1, 0.15) is 35.8 Å². The monoisotopic (exact) mass is 370 g/mol. The van der Waals surface area contributed by atoms with Gasteiger partial charge in [-0.05, 0) is 38.4 Å². The predicted octanol–water partition coefficient (Wildman–Crippen LogP) is 2.90. The van der Waals surface area contributed by atoms with Gasteiger partial charge < -0.3 is 10.6 Å². The molecule has 2 unspecified atom stereocenters. The highest BCUT2D eigenvalue weighted by Crippen LogP contribution is 2.34. The van der Waals surface area contributed by atoms with Gasteiger partial charge in [0.15, 0.2) is 5.69 Å². The summed E-state index contributed by atoms with van der Waals surface area (Å²) in [4.78, 5) is 12.4. The summed E-state index contributed by atoms with van der Waals surface area (Å²) in [7, 11) is 0. The van der Waals surface area contributed by atoms with Crippen molar-refractivity contribution in [3.8, 4) is 5.69 Å². The molecule has 26 heavy (non-hydrogen) atoms. The molecule has 1 aromatic carbocycles. The molecule has 140 valence electrons. The zero-order chi connectivity index (χ0) is 18.9. The number of amides is 1. The lowest BCUT2D eigenvalue weighted by molar-refractivity contribution is -0.143. The number of alkyl halides is 3. The number of aromatic nitrogens is 2. The van der Waals surface area contributed by atoms with Crippen LogP contribution in [0.15, 0.2) is 30.5 Å². The van der Waals surface area contributed by atoms with Crippen LogP contribution in [0.3, 0.4) is 0 Å². The number of carbonyl (C=O) groups is 1. The second-order valence-electron chi connectivity index (χ2n) is 6.32. The van der Waals surface area contributed by atoms with Crippen molar-refractivity contribution in [1.29, 1.82) is 0 Å². The van der Waals surface area contributed by atoms with Crippen molar-refractivity contribution in [2.75, 3.05) is 6.54 Å². The van der Waals surface area contributed by atoms with Gasteiger partial charge in [0, 0.05) is 12.1 Å². The van der Waals surface area contributed by atoms with E-state index in [1.54, 1.807) is 0 Å². The van der Waals surface area contributed by atoms with Crippen LogP contribution in [-0.2, 0) is 6.18 Å². The first-order valence-electron chi connectivity index (χ1n) is 8.21. The van der Waals surface area contributed by atoms with Crippen LogP contribution in [0, 0.1) is 5.82 Å². The fourth-order valence-electron chi connectivity index (χ4n) is 3.12. The summed E-state index contributed by atoms with van der Waals surface area (Å²) in [6, 6.07) is 4.91. The first kappa shape index (κ1) is 18.4. The van der Waals surface area contributed by atoms with E-state index in [1.807, 2.05) is 6.92 Å². The van der Waals surface area contributed by atoms with Crippen molar-refractivity contribution in [1.82, 2.24) is 20.4 Å². The van der Waals surface area contributed by atoms with Gasteiger partial charge in [-0.1, -0.05) is 12.1 Å². The maximum Gasteiger partial charge on any atom is 0.434 e. The fraction of sp³-hybridized carbons (Fsp3) is 0.412. The Morgan fingerprint density at radius 1 is 1.35 bits per heavy atom. The summed E-state index contributed by atoms with van der Waals surface area (Å²) >= 11 is 0. The van der Waals surface area contributed by atoms with E-state index >= 15 is 0 Å². The highest BCUT2D eigenvalue weighted by Gasteiger charge is 2.41. The maximum atomic E-state index is 13.9. The third-order valence-electron chi connectivity index (χ3n) is 4.32. The Hall–Kier alpha value is -2.42. The molecular weight excluding hydrogens is 352 g/mol. The standard InChI is InChI=1S/C17H18F4N4O/c1-10-8-11(6-7-22-10)24-16(26)12-9-23-25(15(12)17(19,20)21)14-5-3-2-4-13(14)18/h2-5,9-11,22H,6-8H2,1H3,(H,24,26). The van der Waals surface area contributed by atoms with Gasteiger partial charge in [-0.2, -0.15) is 18.3 Å². The predicted molar refractivity (Wildman–Crippen MR) is 86.5 cm³/mol. The molecule has 0 saturated carbocycles. The quantitative estimate of drug-likeness (QED) is 0.817. The molecule has 1 aliphatic rings. The Balaban J connectivity index is 1.95. The van der Waals surface area contributed by atoms with Gasteiger partial charge in [-0.3, -0.25) is 4.79 Å². The van der Waals surface area contributed by atoms with Crippen LogP contribution in [0.5, 0.6) is 0 Å². The molecule has 3 rings (SSSR count). The minimum absolute atomic E-state index is 0.164. The number of hydrogen-bond acceptors (Lipinski definition) is 3. The van der Waals surface area contributed by atoms with Crippen LogP contribution in [0.25, 0.3) is 5.69 Å². The lowest BCUT2D eigenvalue weighted by atomic mass is 10.0. The van der Waals surface area contributed by atoms with E-state index in [9.17, 15) is 22.4 Å². The third-order valence-corrected chi connectivity index (χ3v) is 4.32. The van der Waals surface area contributed by atoms with E-state index in [1.165, 1.54) is 18.2 Å². The van der Waals surface area contributed by atoms with Crippen molar-refractivity contribution in [2.24, 2.45) is 0 Å². The van der Waals surface area contributed by atoms with E-state index in [-0.39, 0.29) is 17.8 Å². The van der Waals surface area contributed by atoms with Gasteiger partial charge in [0.1, 0.15) is 11.5 Å². The molecule has 1 amide bonds. The molecule has 2 atom stereocenters. The molecule has 1 aromatic heterocycles. The Morgan fingerprint density at radius 3 is 2.73 bits per heavy atom. The third kappa shape index (κ3) is 3.72. The number of hydrogen-bond donors (Lipinski definition) is 2. The van der Waals surface area contributed by atoms with Gasteiger partial charge in [-0.25, -0.2) is 9.07 Å². The molecule has 5 nitrogen and oxygen atoms in total. The second kappa shape index (κ2) is 7.06. The number of carbonyl (C=O) groups excluding carboxylic acids is 1. The molecule has 0 radical (unpaired) electrons. The van der Waals surface area contributed by atoms with E-state index in [0.29, 0.717) is 24.1 Å². The van der Waals surface area contributed by atoms with Crippen molar-refractivity contribution >= 4 is 5.91 Å². The smallest absolute Gasteiger partial charge is 0.349 e. The maximum absolute atomic E-state index is 13.9. The lowest BCUT2D eigenvalue weighted by Gasteiger charge is -2.28. The Kier molecular flexibility index (Phi) is 4.99. The minimum Gasteiger partial charge on any atom is -0.349 e. The Labute approximate surface area is 147 Å². The summed E-state index contributed by atoms with van der Waals surface area (Å²) in [6.45, 7) is 2.61. The van der Waals surface area contributed by atoms with E-state index < -0.39 is 29.2 Å². The van der Waals surface area contributed by atoms with Crippen molar-refractivity contribution in [3.05, 3.63) is 47.5 Å². The van der Waals surface area contributed by atoms with E-state index in [2.05, 4.69) is 15.7 Å². The summed E-state index contributed by atoms with van der Waals surface area (Å²) in [5.74, 6) is -1.72. The molecule has 1 aliphatic heterocycles. The lowest BCUT2D eigenvalue weighted by Crippen LogP contribution is -2.46. The van der Waals surface area contributed by atoms with E-state index in [0.717, 1.165) is 12.3 Å². The highest BCUT2D eigenvalue weighted by atomic mass is 19.4. The molecular formula is C17H18F4N4O.